The summed E-state index contributed by atoms with van der Waals surface area (Å²) in [4.78, 5) is 5.85. The van der Waals surface area contributed by atoms with Gasteiger partial charge in [0, 0.05) is 19.1 Å². The number of alkyl halides is 3. The first-order valence-corrected chi connectivity index (χ1v) is 6.38. The van der Waals surface area contributed by atoms with Crippen LogP contribution in [0.1, 0.15) is 24.2 Å². The molecule has 1 heterocycles. The molecule has 0 radical (unpaired) electrons. The van der Waals surface area contributed by atoms with Gasteiger partial charge in [0.05, 0.1) is 17.9 Å². The largest absolute Gasteiger partial charge is 0.401 e. The van der Waals surface area contributed by atoms with Crippen molar-refractivity contribution in [2.45, 2.75) is 38.1 Å². The highest BCUT2D eigenvalue weighted by Crippen LogP contribution is 2.31. The van der Waals surface area contributed by atoms with Crippen molar-refractivity contribution in [2.75, 3.05) is 13.6 Å². The minimum absolute atomic E-state index is 0.0661. The van der Waals surface area contributed by atoms with Crippen LogP contribution in [0.5, 0.6) is 0 Å². The van der Waals surface area contributed by atoms with E-state index in [1.54, 1.807) is 6.07 Å². The van der Waals surface area contributed by atoms with Crippen molar-refractivity contribution in [3.05, 3.63) is 29.6 Å². The number of aromatic nitrogens is 1. The predicted octanol–water partition coefficient (Wildman–Crippen LogP) is 2.33. The summed E-state index contributed by atoms with van der Waals surface area (Å²) in [6.45, 7) is 0.0356. The highest BCUT2D eigenvalue weighted by Gasteiger charge is 2.38. The first-order chi connectivity index (χ1) is 8.98. The molecule has 1 fully saturated rings. The lowest BCUT2D eigenvalue weighted by molar-refractivity contribution is -0.148. The van der Waals surface area contributed by atoms with Crippen molar-refractivity contribution >= 4 is 0 Å². The van der Waals surface area contributed by atoms with Gasteiger partial charge in [0.15, 0.2) is 0 Å². The molecule has 1 aromatic heterocycles. The summed E-state index contributed by atoms with van der Waals surface area (Å²) >= 11 is 0. The van der Waals surface area contributed by atoms with Gasteiger partial charge in [-0.2, -0.15) is 13.2 Å². The first kappa shape index (κ1) is 14.3. The highest BCUT2D eigenvalue weighted by molar-refractivity contribution is 5.11. The molecule has 19 heavy (non-hydrogen) atoms. The van der Waals surface area contributed by atoms with E-state index in [-0.39, 0.29) is 12.6 Å². The second-order valence-corrected chi connectivity index (χ2v) is 4.90. The highest BCUT2D eigenvalue weighted by atomic mass is 19.4. The maximum absolute atomic E-state index is 12.5. The topological polar surface area (TPSA) is 28.2 Å². The van der Waals surface area contributed by atoms with Gasteiger partial charge in [0.25, 0.3) is 0 Å². The Labute approximate surface area is 110 Å². The van der Waals surface area contributed by atoms with Crippen LogP contribution in [0.2, 0.25) is 0 Å². The molecular formula is C13H18F3N3. The van der Waals surface area contributed by atoms with E-state index in [2.05, 4.69) is 10.3 Å². The summed E-state index contributed by atoms with van der Waals surface area (Å²) in [5, 5.41) is 2.98. The minimum Gasteiger partial charge on any atom is -0.314 e. The van der Waals surface area contributed by atoms with E-state index < -0.39 is 12.7 Å². The Balaban J connectivity index is 2.02. The summed E-state index contributed by atoms with van der Waals surface area (Å²) in [6.07, 6.45) is -2.44. The molecule has 1 aliphatic rings. The van der Waals surface area contributed by atoms with Gasteiger partial charge in [-0.1, -0.05) is 6.07 Å². The Morgan fingerprint density at radius 2 is 2.00 bits per heavy atom. The van der Waals surface area contributed by atoms with Crippen molar-refractivity contribution in [1.82, 2.24) is 15.2 Å². The molecule has 1 aliphatic carbocycles. The molecule has 0 bridgehead atoms. The molecule has 1 N–H and O–H groups in total. The Morgan fingerprint density at radius 1 is 1.32 bits per heavy atom. The quantitative estimate of drug-likeness (QED) is 0.862. The van der Waals surface area contributed by atoms with Gasteiger partial charge < -0.3 is 5.32 Å². The van der Waals surface area contributed by atoms with Crippen molar-refractivity contribution in [3.8, 4) is 0 Å². The molecule has 3 nitrogen and oxygen atoms in total. The lowest BCUT2D eigenvalue weighted by Crippen LogP contribution is -2.35. The summed E-state index contributed by atoms with van der Waals surface area (Å²) in [7, 11) is 1.81. The Morgan fingerprint density at radius 3 is 2.58 bits per heavy atom. The zero-order valence-corrected chi connectivity index (χ0v) is 10.9. The predicted molar refractivity (Wildman–Crippen MR) is 66.5 cm³/mol. The average molecular weight is 273 g/mol. The normalized spacial score (nSPS) is 16.1. The van der Waals surface area contributed by atoms with Gasteiger partial charge in [0.1, 0.15) is 0 Å². The van der Waals surface area contributed by atoms with Crippen LogP contribution < -0.4 is 5.32 Å². The van der Waals surface area contributed by atoms with Gasteiger partial charge >= 0.3 is 6.18 Å². The number of halogens is 3. The molecule has 0 amide bonds. The zero-order chi connectivity index (χ0) is 13.9. The van der Waals surface area contributed by atoms with Crippen molar-refractivity contribution in [1.29, 1.82) is 0 Å². The van der Waals surface area contributed by atoms with E-state index in [0.717, 1.165) is 18.5 Å². The van der Waals surface area contributed by atoms with E-state index in [1.807, 2.05) is 19.2 Å². The van der Waals surface area contributed by atoms with Crippen LogP contribution in [0, 0.1) is 0 Å². The molecule has 1 saturated carbocycles. The molecule has 0 unspecified atom stereocenters. The first-order valence-electron chi connectivity index (χ1n) is 6.38. The number of rotatable bonds is 6. The molecule has 0 saturated heterocycles. The fourth-order valence-corrected chi connectivity index (χ4v) is 2.09. The minimum atomic E-state index is -4.15. The molecule has 0 aliphatic heterocycles. The van der Waals surface area contributed by atoms with E-state index in [1.165, 1.54) is 4.90 Å². The molecule has 0 spiro atoms. The lowest BCUT2D eigenvalue weighted by Gasteiger charge is -2.23. The lowest BCUT2D eigenvalue weighted by atomic mass is 10.2. The number of pyridine rings is 1. The standard InChI is InChI=1S/C13H18F3N3/c1-17-7-10-3-2-4-11(18-10)8-19(12-5-6-12)9-13(14,15)16/h2-4,12,17H,5-9H2,1H3. The SMILES string of the molecule is CNCc1cccc(CN(CC(F)(F)F)C2CC2)n1. The van der Waals surface area contributed by atoms with E-state index >= 15 is 0 Å². The Bertz CT molecular complexity index is 416. The molecule has 106 valence electrons. The molecule has 6 heteroatoms. The zero-order valence-electron chi connectivity index (χ0n) is 10.9. The van der Waals surface area contributed by atoms with Crippen LogP contribution in [0.15, 0.2) is 18.2 Å². The summed E-state index contributed by atoms with van der Waals surface area (Å²) in [5.74, 6) is 0. The third-order valence-corrected chi connectivity index (χ3v) is 3.03. The third-order valence-electron chi connectivity index (χ3n) is 3.03. The summed E-state index contributed by atoms with van der Waals surface area (Å²) in [5.41, 5.74) is 1.55. The van der Waals surface area contributed by atoms with Gasteiger partial charge in [-0.25, -0.2) is 0 Å². The van der Waals surface area contributed by atoms with Gasteiger partial charge in [-0.05, 0) is 32.0 Å². The number of nitrogens with zero attached hydrogens (tertiary/aromatic N) is 2. The fourth-order valence-electron chi connectivity index (χ4n) is 2.09. The number of nitrogens with one attached hydrogen (secondary N) is 1. The molecule has 0 atom stereocenters. The van der Waals surface area contributed by atoms with Crippen LogP contribution in [0.3, 0.4) is 0 Å². The van der Waals surface area contributed by atoms with Crippen LogP contribution in [0.4, 0.5) is 13.2 Å². The molecule has 2 rings (SSSR count). The van der Waals surface area contributed by atoms with Gasteiger partial charge in [-0.3, -0.25) is 9.88 Å². The van der Waals surface area contributed by atoms with Crippen molar-refractivity contribution < 1.29 is 13.2 Å². The van der Waals surface area contributed by atoms with Crippen LogP contribution >= 0.6 is 0 Å². The number of hydrogen-bond acceptors (Lipinski definition) is 3. The monoisotopic (exact) mass is 273 g/mol. The number of hydrogen-bond donors (Lipinski definition) is 1. The van der Waals surface area contributed by atoms with E-state index in [9.17, 15) is 13.2 Å². The molecule has 0 aromatic carbocycles. The second-order valence-electron chi connectivity index (χ2n) is 4.90. The Hall–Kier alpha value is -1.14. The van der Waals surface area contributed by atoms with Crippen molar-refractivity contribution in [3.63, 3.8) is 0 Å². The fraction of sp³-hybridized carbons (Fsp3) is 0.615. The van der Waals surface area contributed by atoms with Crippen LogP contribution in [0.25, 0.3) is 0 Å². The maximum atomic E-state index is 12.5. The summed E-state index contributed by atoms with van der Waals surface area (Å²) in [6, 6.07) is 5.56. The maximum Gasteiger partial charge on any atom is 0.401 e. The second kappa shape index (κ2) is 5.88. The molecule has 1 aromatic rings. The van der Waals surface area contributed by atoms with E-state index in [4.69, 9.17) is 0 Å². The third kappa shape index (κ3) is 4.80. The average Bonchev–Trinajstić information content (AvgIpc) is 3.11. The Kier molecular flexibility index (Phi) is 4.42. The van der Waals surface area contributed by atoms with Crippen LogP contribution in [-0.4, -0.2) is 35.7 Å². The molecular weight excluding hydrogens is 255 g/mol. The van der Waals surface area contributed by atoms with Gasteiger partial charge in [-0.15, -0.1) is 0 Å². The van der Waals surface area contributed by atoms with Crippen LogP contribution in [-0.2, 0) is 13.1 Å². The van der Waals surface area contributed by atoms with E-state index in [0.29, 0.717) is 12.2 Å². The smallest absolute Gasteiger partial charge is 0.314 e. The van der Waals surface area contributed by atoms with Crippen molar-refractivity contribution in [2.24, 2.45) is 0 Å². The van der Waals surface area contributed by atoms with Gasteiger partial charge in [0.2, 0.25) is 0 Å². The summed E-state index contributed by atoms with van der Waals surface area (Å²) < 4.78 is 37.6.